The fourth-order valence-corrected chi connectivity index (χ4v) is 3.67. The minimum atomic E-state index is -0.813. The van der Waals surface area contributed by atoms with Crippen LogP contribution in [0.5, 0.6) is 5.75 Å². The Kier molecular flexibility index (Phi) is 7.43. The maximum absolute atomic E-state index is 12.6. The first kappa shape index (κ1) is 24.2. The first-order valence-corrected chi connectivity index (χ1v) is 10.5. The summed E-state index contributed by atoms with van der Waals surface area (Å²) in [6.07, 6.45) is 0.338. The number of benzene rings is 2. The third-order valence-corrected chi connectivity index (χ3v) is 5.56. The molecule has 14 heteroatoms. The van der Waals surface area contributed by atoms with Gasteiger partial charge in [-0.2, -0.15) is 0 Å². The molecule has 0 unspecified atom stereocenters. The molecule has 0 aliphatic rings. The SMILES string of the molecule is COc1cccc(C(=O)NCCc2nnc(NC(=O)c3cc([N+](=O)[O-])cc([N+](=O)[O-])c3C)s2)c1. The van der Waals surface area contributed by atoms with Crippen LogP contribution in [0.1, 0.15) is 31.3 Å². The third kappa shape index (κ3) is 5.66. The van der Waals surface area contributed by atoms with Gasteiger partial charge in [-0.05, 0) is 25.1 Å². The zero-order valence-electron chi connectivity index (χ0n) is 17.9. The summed E-state index contributed by atoms with van der Waals surface area (Å²) in [5, 5.41) is 35.9. The summed E-state index contributed by atoms with van der Waals surface area (Å²) in [5.74, 6) is -0.528. The molecule has 0 aliphatic carbocycles. The Labute approximate surface area is 196 Å². The van der Waals surface area contributed by atoms with Gasteiger partial charge in [0.1, 0.15) is 10.8 Å². The quantitative estimate of drug-likeness (QED) is 0.339. The predicted molar refractivity (Wildman–Crippen MR) is 121 cm³/mol. The monoisotopic (exact) mass is 486 g/mol. The summed E-state index contributed by atoms with van der Waals surface area (Å²) in [5.41, 5.74) is -0.913. The van der Waals surface area contributed by atoms with Crippen LogP contribution in [0.3, 0.4) is 0 Å². The van der Waals surface area contributed by atoms with Gasteiger partial charge in [0.2, 0.25) is 5.13 Å². The molecule has 2 amide bonds. The number of rotatable bonds is 9. The number of hydrogen-bond acceptors (Lipinski definition) is 10. The predicted octanol–water partition coefficient (Wildman–Crippen LogP) is 2.90. The number of hydrogen-bond donors (Lipinski definition) is 2. The maximum Gasteiger partial charge on any atom is 0.279 e. The standard InChI is InChI=1S/C20H18N6O7S/c1-11-15(9-13(25(29)30)10-16(11)26(31)32)19(28)22-20-24-23-17(34-20)6-7-21-18(27)12-4-3-5-14(8-12)33-2/h3-5,8-10H,6-7H2,1-2H3,(H,21,27)(H,22,24,28). The van der Waals surface area contributed by atoms with Crippen LogP contribution in [-0.4, -0.2) is 45.5 Å². The second-order valence-corrected chi connectivity index (χ2v) is 7.91. The largest absolute Gasteiger partial charge is 0.497 e. The molecule has 3 aromatic rings. The fourth-order valence-electron chi connectivity index (χ4n) is 2.93. The molecule has 2 aromatic carbocycles. The lowest BCUT2D eigenvalue weighted by molar-refractivity contribution is -0.394. The number of amides is 2. The van der Waals surface area contributed by atoms with E-state index < -0.39 is 27.1 Å². The van der Waals surface area contributed by atoms with Crippen molar-refractivity contribution < 1.29 is 24.2 Å². The molecular formula is C20H18N6O7S. The highest BCUT2D eigenvalue weighted by Crippen LogP contribution is 2.29. The lowest BCUT2D eigenvalue weighted by Gasteiger charge is -2.06. The molecule has 1 aromatic heterocycles. The van der Waals surface area contributed by atoms with Crippen molar-refractivity contribution in [2.24, 2.45) is 0 Å². The molecular weight excluding hydrogens is 468 g/mol. The van der Waals surface area contributed by atoms with Crippen molar-refractivity contribution in [3.63, 3.8) is 0 Å². The average Bonchev–Trinajstić information content (AvgIpc) is 3.25. The summed E-state index contributed by atoms with van der Waals surface area (Å²) in [7, 11) is 1.50. The van der Waals surface area contributed by atoms with Crippen LogP contribution in [0.25, 0.3) is 0 Å². The minimum Gasteiger partial charge on any atom is -0.497 e. The van der Waals surface area contributed by atoms with Gasteiger partial charge in [0.15, 0.2) is 0 Å². The van der Waals surface area contributed by atoms with Crippen LogP contribution < -0.4 is 15.4 Å². The van der Waals surface area contributed by atoms with Gasteiger partial charge in [-0.15, -0.1) is 10.2 Å². The highest BCUT2D eigenvalue weighted by Gasteiger charge is 2.25. The Morgan fingerprint density at radius 1 is 1.09 bits per heavy atom. The average molecular weight is 486 g/mol. The van der Waals surface area contributed by atoms with Gasteiger partial charge < -0.3 is 10.1 Å². The molecule has 0 bridgehead atoms. The van der Waals surface area contributed by atoms with Crippen molar-refractivity contribution in [1.29, 1.82) is 0 Å². The molecule has 1 heterocycles. The highest BCUT2D eigenvalue weighted by atomic mass is 32.1. The van der Waals surface area contributed by atoms with E-state index in [0.717, 1.165) is 23.5 Å². The molecule has 0 radical (unpaired) electrons. The zero-order valence-corrected chi connectivity index (χ0v) is 18.7. The molecule has 13 nitrogen and oxygen atoms in total. The van der Waals surface area contributed by atoms with Crippen molar-refractivity contribution >= 4 is 39.7 Å². The summed E-state index contributed by atoms with van der Waals surface area (Å²) < 4.78 is 5.09. The molecule has 0 fully saturated rings. The molecule has 3 rings (SSSR count). The molecule has 0 atom stereocenters. The van der Waals surface area contributed by atoms with E-state index >= 15 is 0 Å². The number of carbonyl (C=O) groups is 2. The molecule has 0 spiro atoms. The van der Waals surface area contributed by atoms with E-state index in [1.807, 2.05) is 0 Å². The van der Waals surface area contributed by atoms with E-state index in [4.69, 9.17) is 4.74 Å². The number of nitrogens with one attached hydrogen (secondary N) is 2. The number of nitro groups is 2. The van der Waals surface area contributed by atoms with Crippen molar-refractivity contribution in [2.75, 3.05) is 19.0 Å². The van der Waals surface area contributed by atoms with Crippen LogP contribution in [0.2, 0.25) is 0 Å². The molecule has 0 saturated carbocycles. The normalized spacial score (nSPS) is 10.4. The van der Waals surface area contributed by atoms with E-state index in [0.29, 0.717) is 22.7 Å². The molecule has 176 valence electrons. The van der Waals surface area contributed by atoms with Gasteiger partial charge in [0.05, 0.1) is 28.6 Å². The Morgan fingerprint density at radius 3 is 2.53 bits per heavy atom. The Bertz CT molecular complexity index is 1280. The van der Waals surface area contributed by atoms with E-state index in [2.05, 4.69) is 20.8 Å². The first-order chi connectivity index (χ1) is 16.2. The summed E-state index contributed by atoms with van der Waals surface area (Å²) in [6.45, 7) is 1.59. The third-order valence-electron chi connectivity index (χ3n) is 4.66. The number of nitrogens with zero attached hydrogens (tertiary/aromatic N) is 4. The van der Waals surface area contributed by atoms with Crippen LogP contribution in [0.4, 0.5) is 16.5 Å². The smallest absolute Gasteiger partial charge is 0.279 e. The van der Waals surface area contributed by atoms with E-state index in [1.165, 1.54) is 14.0 Å². The second kappa shape index (κ2) is 10.4. The topological polar surface area (TPSA) is 179 Å². The first-order valence-electron chi connectivity index (χ1n) is 9.69. The Hall–Kier alpha value is -4.46. The van der Waals surface area contributed by atoms with Crippen molar-refractivity contribution in [1.82, 2.24) is 15.5 Å². The van der Waals surface area contributed by atoms with Gasteiger partial charge in [0.25, 0.3) is 23.2 Å². The van der Waals surface area contributed by atoms with Gasteiger partial charge >= 0.3 is 0 Å². The van der Waals surface area contributed by atoms with E-state index in [-0.39, 0.29) is 28.7 Å². The number of non-ortho nitro benzene ring substituents is 1. The van der Waals surface area contributed by atoms with Gasteiger partial charge in [-0.1, -0.05) is 17.4 Å². The maximum atomic E-state index is 12.6. The minimum absolute atomic E-state index is 0.0157. The van der Waals surface area contributed by atoms with E-state index in [9.17, 15) is 29.8 Å². The van der Waals surface area contributed by atoms with Crippen molar-refractivity contribution in [3.8, 4) is 5.75 Å². The number of methoxy groups -OCH3 is 1. The van der Waals surface area contributed by atoms with Crippen molar-refractivity contribution in [2.45, 2.75) is 13.3 Å². The molecule has 2 N–H and O–H groups in total. The summed E-state index contributed by atoms with van der Waals surface area (Å²) >= 11 is 1.04. The van der Waals surface area contributed by atoms with Crippen LogP contribution >= 0.6 is 11.3 Å². The zero-order chi connectivity index (χ0) is 24.8. The number of nitro benzene ring substituents is 2. The van der Waals surface area contributed by atoms with Gasteiger partial charge in [-0.25, -0.2) is 0 Å². The number of aromatic nitrogens is 2. The Balaban J connectivity index is 1.63. The number of carbonyl (C=O) groups excluding carboxylic acids is 2. The summed E-state index contributed by atoms with van der Waals surface area (Å²) in [4.78, 5) is 45.5. The molecule has 0 aliphatic heterocycles. The summed E-state index contributed by atoms with van der Waals surface area (Å²) in [6, 6.07) is 8.44. The molecule has 0 saturated heterocycles. The van der Waals surface area contributed by atoms with E-state index in [1.54, 1.807) is 24.3 Å². The highest BCUT2D eigenvalue weighted by molar-refractivity contribution is 7.15. The lowest BCUT2D eigenvalue weighted by atomic mass is 10.0. The van der Waals surface area contributed by atoms with Gasteiger partial charge in [0, 0.05) is 30.2 Å². The van der Waals surface area contributed by atoms with Gasteiger partial charge in [-0.3, -0.25) is 35.1 Å². The van der Waals surface area contributed by atoms with Crippen molar-refractivity contribution in [3.05, 3.63) is 78.3 Å². The lowest BCUT2D eigenvalue weighted by Crippen LogP contribution is -2.25. The van der Waals surface area contributed by atoms with Crippen LogP contribution in [0, 0.1) is 27.2 Å². The van der Waals surface area contributed by atoms with Crippen LogP contribution in [-0.2, 0) is 6.42 Å². The fraction of sp³-hybridized carbons (Fsp3) is 0.200. The number of anilines is 1. The Morgan fingerprint density at radius 2 is 1.85 bits per heavy atom. The van der Waals surface area contributed by atoms with Crippen LogP contribution in [0.15, 0.2) is 36.4 Å². The molecule has 34 heavy (non-hydrogen) atoms. The second-order valence-electron chi connectivity index (χ2n) is 6.84. The number of ether oxygens (including phenoxy) is 1.